The minimum absolute atomic E-state index is 0.181. The van der Waals surface area contributed by atoms with Crippen molar-refractivity contribution in [2.45, 2.75) is 32.7 Å². The summed E-state index contributed by atoms with van der Waals surface area (Å²) in [4.78, 5) is 10.9. The molecule has 0 spiro atoms. The van der Waals surface area contributed by atoms with E-state index in [1.165, 1.54) is 0 Å². The molecule has 19 heavy (non-hydrogen) atoms. The lowest BCUT2D eigenvalue weighted by atomic mass is 9.99. The number of nitriles is 1. The van der Waals surface area contributed by atoms with Crippen molar-refractivity contribution in [3.8, 4) is 6.07 Å². The van der Waals surface area contributed by atoms with Gasteiger partial charge in [0.05, 0.1) is 12.0 Å². The molecule has 1 aromatic rings. The number of hydrogen-bond acceptors (Lipinski definition) is 5. The second-order valence-corrected chi connectivity index (χ2v) is 5.05. The van der Waals surface area contributed by atoms with Crippen LogP contribution in [-0.2, 0) is 6.54 Å². The molecule has 0 saturated carbocycles. The summed E-state index contributed by atoms with van der Waals surface area (Å²) < 4.78 is 0. The molecule has 1 saturated heterocycles. The Morgan fingerprint density at radius 1 is 1.47 bits per heavy atom. The first-order chi connectivity index (χ1) is 9.31. The van der Waals surface area contributed by atoms with Gasteiger partial charge in [0.1, 0.15) is 0 Å². The Morgan fingerprint density at radius 3 is 2.95 bits per heavy atom. The first-order valence-corrected chi connectivity index (χ1v) is 6.98. The summed E-state index contributed by atoms with van der Waals surface area (Å²) in [6.45, 7) is 5.78. The van der Waals surface area contributed by atoms with Crippen LogP contribution in [-0.4, -0.2) is 34.5 Å². The Morgan fingerprint density at radius 2 is 2.26 bits per heavy atom. The molecule has 1 atom stereocenters. The predicted octanol–water partition coefficient (Wildman–Crippen LogP) is 2.03. The second kappa shape index (κ2) is 7.05. The van der Waals surface area contributed by atoms with E-state index in [0.717, 1.165) is 51.0 Å². The average Bonchev–Trinajstić information content (AvgIpc) is 2.47. The van der Waals surface area contributed by atoms with Crippen LogP contribution >= 0.6 is 0 Å². The molecule has 2 heterocycles. The van der Waals surface area contributed by atoms with Crippen LogP contribution in [0.25, 0.3) is 0 Å². The number of hydrogen-bond donors (Lipinski definition) is 1. The first-order valence-electron chi connectivity index (χ1n) is 6.98. The van der Waals surface area contributed by atoms with Gasteiger partial charge in [0.2, 0.25) is 5.95 Å². The van der Waals surface area contributed by atoms with Crippen molar-refractivity contribution in [3.63, 3.8) is 0 Å². The number of likely N-dealkylation sites (tertiary alicyclic amines) is 1. The fourth-order valence-electron chi connectivity index (χ4n) is 2.33. The maximum absolute atomic E-state index is 8.98. The molecule has 0 radical (unpaired) electrons. The van der Waals surface area contributed by atoms with Crippen molar-refractivity contribution in [2.75, 3.05) is 25.0 Å². The standard InChI is InChI=1S/C14H21N5/c1-2-5-16-14-17-8-13(9-18-14)11-19-6-3-4-12(7-15)10-19/h8-9,12H,2-6,10-11H2,1H3,(H,16,17,18)/t12-/m0/s1. The van der Waals surface area contributed by atoms with E-state index in [9.17, 15) is 0 Å². The van der Waals surface area contributed by atoms with Crippen LogP contribution in [0, 0.1) is 17.2 Å². The Labute approximate surface area is 114 Å². The van der Waals surface area contributed by atoms with Gasteiger partial charge in [0.15, 0.2) is 0 Å². The normalized spacial score (nSPS) is 19.9. The van der Waals surface area contributed by atoms with Crippen molar-refractivity contribution in [2.24, 2.45) is 5.92 Å². The minimum atomic E-state index is 0.181. The number of nitrogens with one attached hydrogen (secondary N) is 1. The fraction of sp³-hybridized carbons (Fsp3) is 0.643. The van der Waals surface area contributed by atoms with Gasteiger partial charge >= 0.3 is 0 Å². The van der Waals surface area contributed by atoms with Crippen molar-refractivity contribution in [1.29, 1.82) is 5.26 Å². The molecule has 1 aromatic heterocycles. The summed E-state index contributed by atoms with van der Waals surface area (Å²) in [6.07, 6.45) is 6.95. The summed E-state index contributed by atoms with van der Waals surface area (Å²) in [5.41, 5.74) is 1.11. The van der Waals surface area contributed by atoms with Gasteiger partial charge in [-0.2, -0.15) is 5.26 Å². The van der Waals surface area contributed by atoms with E-state index in [1.54, 1.807) is 0 Å². The number of anilines is 1. The zero-order valence-electron chi connectivity index (χ0n) is 11.5. The monoisotopic (exact) mass is 259 g/mol. The molecule has 1 aliphatic heterocycles. The van der Waals surface area contributed by atoms with Gasteiger partial charge in [-0.15, -0.1) is 0 Å². The Bertz CT molecular complexity index is 422. The highest BCUT2D eigenvalue weighted by molar-refractivity contribution is 5.24. The van der Waals surface area contributed by atoms with Crippen LogP contribution in [0.4, 0.5) is 5.95 Å². The van der Waals surface area contributed by atoms with Gasteiger partial charge in [-0.25, -0.2) is 9.97 Å². The van der Waals surface area contributed by atoms with Gasteiger partial charge in [0, 0.05) is 37.6 Å². The van der Waals surface area contributed by atoms with Gasteiger partial charge in [-0.1, -0.05) is 6.92 Å². The highest BCUT2D eigenvalue weighted by Gasteiger charge is 2.19. The molecule has 0 unspecified atom stereocenters. The molecule has 0 aliphatic carbocycles. The fourth-order valence-corrected chi connectivity index (χ4v) is 2.33. The smallest absolute Gasteiger partial charge is 0.222 e. The number of aromatic nitrogens is 2. The highest BCUT2D eigenvalue weighted by atomic mass is 15.1. The Hall–Kier alpha value is -1.67. The maximum Gasteiger partial charge on any atom is 0.222 e. The molecule has 102 valence electrons. The molecule has 1 N–H and O–H groups in total. The third-order valence-electron chi connectivity index (χ3n) is 3.33. The zero-order valence-corrected chi connectivity index (χ0v) is 11.5. The van der Waals surface area contributed by atoms with Crippen molar-refractivity contribution >= 4 is 5.95 Å². The van der Waals surface area contributed by atoms with Gasteiger partial charge < -0.3 is 5.32 Å². The summed E-state index contributed by atoms with van der Waals surface area (Å²) in [5, 5.41) is 12.1. The number of piperidine rings is 1. The predicted molar refractivity (Wildman–Crippen MR) is 74.4 cm³/mol. The van der Waals surface area contributed by atoms with Crippen molar-refractivity contribution in [1.82, 2.24) is 14.9 Å². The lowest BCUT2D eigenvalue weighted by molar-refractivity contribution is 0.192. The van der Waals surface area contributed by atoms with E-state index in [4.69, 9.17) is 5.26 Å². The number of rotatable bonds is 5. The molecule has 2 rings (SSSR count). The van der Waals surface area contributed by atoms with Gasteiger partial charge in [-0.05, 0) is 25.8 Å². The van der Waals surface area contributed by atoms with E-state index in [2.05, 4.69) is 33.2 Å². The van der Waals surface area contributed by atoms with E-state index < -0.39 is 0 Å². The van der Waals surface area contributed by atoms with E-state index in [0.29, 0.717) is 5.95 Å². The molecule has 1 aliphatic rings. The second-order valence-electron chi connectivity index (χ2n) is 5.05. The van der Waals surface area contributed by atoms with E-state index in [-0.39, 0.29) is 5.92 Å². The molecular weight excluding hydrogens is 238 g/mol. The lowest BCUT2D eigenvalue weighted by Crippen LogP contribution is -2.34. The Balaban J connectivity index is 1.87. The Kier molecular flexibility index (Phi) is 5.10. The maximum atomic E-state index is 8.98. The van der Waals surface area contributed by atoms with Crippen molar-refractivity contribution in [3.05, 3.63) is 18.0 Å². The molecule has 5 nitrogen and oxygen atoms in total. The highest BCUT2D eigenvalue weighted by Crippen LogP contribution is 2.17. The average molecular weight is 259 g/mol. The van der Waals surface area contributed by atoms with Crippen LogP contribution < -0.4 is 5.32 Å². The first kappa shape index (κ1) is 13.8. The molecule has 0 aromatic carbocycles. The molecule has 0 bridgehead atoms. The zero-order chi connectivity index (χ0) is 13.5. The SMILES string of the molecule is CCCNc1ncc(CN2CCC[C@@H](C#N)C2)cn1. The van der Waals surface area contributed by atoms with Crippen LogP contribution in [0.3, 0.4) is 0 Å². The van der Waals surface area contributed by atoms with Crippen LogP contribution in [0.5, 0.6) is 0 Å². The van der Waals surface area contributed by atoms with E-state index >= 15 is 0 Å². The van der Waals surface area contributed by atoms with Crippen LogP contribution in [0.15, 0.2) is 12.4 Å². The van der Waals surface area contributed by atoms with Gasteiger partial charge in [0.25, 0.3) is 0 Å². The quantitative estimate of drug-likeness (QED) is 0.876. The molecular formula is C14H21N5. The summed E-state index contributed by atoms with van der Waals surface area (Å²) in [5.74, 6) is 0.874. The molecule has 0 amide bonds. The third kappa shape index (κ3) is 4.18. The van der Waals surface area contributed by atoms with Crippen LogP contribution in [0.2, 0.25) is 0 Å². The van der Waals surface area contributed by atoms with Gasteiger partial charge in [-0.3, -0.25) is 4.90 Å². The minimum Gasteiger partial charge on any atom is -0.354 e. The number of nitrogens with zero attached hydrogens (tertiary/aromatic N) is 4. The third-order valence-corrected chi connectivity index (χ3v) is 3.33. The largest absolute Gasteiger partial charge is 0.354 e. The molecule has 5 heteroatoms. The van der Waals surface area contributed by atoms with Crippen LogP contribution in [0.1, 0.15) is 31.7 Å². The van der Waals surface area contributed by atoms with E-state index in [1.807, 2.05) is 12.4 Å². The summed E-state index contributed by atoms with van der Waals surface area (Å²) in [6, 6.07) is 2.37. The molecule has 1 fully saturated rings. The lowest BCUT2D eigenvalue weighted by Gasteiger charge is -2.29. The topological polar surface area (TPSA) is 64.8 Å². The summed E-state index contributed by atoms with van der Waals surface area (Å²) >= 11 is 0. The van der Waals surface area contributed by atoms with Crippen molar-refractivity contribution < 1.29 is 0 Å². The summed E-state index contributed by atoms with van der Waals surface area (Å²) in [7, 11) is 0.